The second-order valence-corrected chi connectivity index (χ2v) is 8.60. The SMILES string of the molecule is COC(=O)c1cccc(-c2ccccc2-c2cc(Br)ccc2OCC2(C)CC2)n1. The maximum absolute atomic E-state index is 11.9. The van der Waals surface area contributed by atoms with Crippen LogP contribution >= 0.6 is 15.9 Å². The number of methoxy groups -OCH3 is 1. The molecule has 4 rings (SSSR count). The normalized spacial score (nSPS) is 14.3. The molecule has 0 N–H and O–H groups in total. The average Bonchev–Trinajstić information content (AvgIpc) is 3.49. The Bertz CT molecular complexity index is 1060. The lowest BCUT2D eigenvalue weighted by molar-refractivity contribution is 0.0594. The van der Waals surface area contributed by atoms with E-state index >= 15 is 0 Å². The number of ether oxygens (including phenoxy) is 2. The van der Waals surface area contributed by atoms with E-state index in [9.17, 15) is 4.79 Å². The summed E-state index contributed by atoms with van der Waals surface area (Å²) in [6, 6.07) is 19.4. The summed E-state index contributed by atoms with van der Waals surface area (Å²) in [7, 11) is 1.36. The minimum atomic E-state index is -0.450. The summed E-state index contributed by atoms with van der Waals surface area (Å²) in [4.78, 5) is 16.4. The smallest absolute Gasteiger partial charge is 0.356 e. The maximum atomic E-state index is 11.9. The van der Waals surface area contributed by atoms with Gasteiger partial charge in [0, 0.05) is 21.0 Å². The van der Waals surface area contributed by atoms with Gasteiger partial charge in [0.15, 0.2) is 0 Å². The van der Waals surface area contributed by atoms with E-state index in [1.165, 1.54) is 20.0 Å². The van der Waals surface area contributed by atoms with E-state index in [0.29, 0.717) is 17.7 Å². The van der Waals surface area contributed by atoms with Crippen molar-refractivity contribution in [2.45, 2.75) is 19.8 Å². The lowest BCUT2D eigenvalue weighted by Crippen LogP contribution is -2.09. The quantitative estimate of drug-likeness (QED) is 0.422. The molecular formula is C24H22BrNO3. The van der Waals surface area contributed by atoms with Gasteiger partial charge in [0.2, 0.25) is 0 Å². The number of hydrogen-bond acceptors (Lipinski definition) is 4. The molecule has 2 aromatic carbocycles. The number of halogens is 1. The molecule has 0 saturated heterocycles. The average molecular weight is 452 g/mol. The van der Waals surface area contributed by atoms with Crippen LogP contribution in [0.25, 0.3) is 22.4 Å². The number of hydrogen-bond donors (Lipinski definition) is 0. The Morgan fingerprint density at radius 2 is 1.79 bits per heavy atom. The highest BCUT2D eigenvalue weighted by molar-refractivity contribution is 9.10. The van der Waals surface area contributed by atoms with Gasteiger partial charge in [-0.1, -0.05) is 53.2 Å². The molecule has 1 fully saturated rings. The molecule has 0 amide bonds. The van der Waals surface area contributed by atoms with Crippen LogP contribution in [-0.2, 0) is 4.74 Å². The molecule has 1 heterocycles. The van der Waals surface area contributed by atoms with E-state index in [4.69, 9.17) is 9.47 Å². The summed E-state index contributed by atoms with van der Waals surface area (Å²) in [6.07, 6.45) is 2.42. The van der Waals surface area contributed by atoms with Crippen molar-refractivity contribution in [1.29, 1.82) is 0 Å². The lowest BCUT2D eigenvalue weighted by atomic mass is 9.96. The van der Waals surface area contributed by atoms with Crippen molar-refractivity contribution in [3.63, 3.8) is 0 Å². The zero-order chi connectivity index (χ0) is 20.4. The first-order valence-corrected chi connectivity index (χ1v) is 10.4. The second kappa shape index (κ2) is 7.99. The van der Waals surface area contributed by atoms with Crippen molar-refractivity contribution in [2.75, 3.05) is 13.7 Å². The first-order chi connectivity index (χ1) is 14.0. The van der Waals surface area contributed by atoms with E-state index in [-0.39, 0.29) is 5.69 Å². The molecule has 4 nitrogen and oxygen atoms in total. The Morgan fingerprint density at radius 3 is 2.52 bits per heavy atom. The number of carbonyl (C=O) groups excluding carboxylic acids is 1. The fourth-order valence-electron chi connectivity index (χ4n) is 3.19. The summed E-state index contributed by atoms with van der Waals surface area (Å²) in [5.41, 5.74) is 4.21. The second-order valence-electron chi connectivity index (χ2n) is 7.69. The summed E-state index contributed by atoms with van der Waals surface area (Å²) in [5.74, 6) is 0.395. The molecular weight excluding hydrogens is 430 g/mol. The molecule has 1 aliphatic rings. The molecule has 1 aromatic heterocycles. The van der Waals surface area contributed by atoms with Gasteiger partial charge in [-0.3, -0.25) is 0 Å². The van der Waals surface area contributed by atoms with Gasteiger partial charge in [0.25, 0.3) is 0 Å². The minimum Gasteiger partial charge on any atom is -0.492 e. The topological polar surface area (TPSA) is 48.4 Å². The summed E-state index contributed by atoms with van der Waals surface area (Å²) in [5, 5.41) is 0. The largest absolute Gasteiger partial charge is 0.492 e. The van der Waals surface area contributed by atoms with Crippen LogP contribution in [0.1, 0.15) is 30.3 Å². The van der Waals surface area contributed by atoms with Crippen LogP contribution in [0.2, 0.25) is 0 Å². The zero-order valence-corrected chi connectivity index (χ0v) is 18.0. The van der Waals surface area contributed by atoms with Crippen LogP contribution in [0.3, 0.4) is 0 Å². The molecule has 3 aromatic rings. The fourth-order valence-corrected chi connectivity index (χ4v) is 3.55. The Kier molecular flexibility index (Phi) is 5.41. The maximum Gasteiger partial charge on any atom is 0.356 e. The van der Waals surface area contributed by atoms with Crippen molar-refractivity contribution in [1.82, 2.24) is 4.98 Å². The third-order valence-electron chi connectivity index (χ3n) is 5.26. The number of nitrogens with zero attached hydrogens (tertiary/aromatic N) is 1. The zero-order valence-electron chi connectivity index (χ0n) is 16.4. The number of pyridine rings is 1. The third-order valence-corrected chi connectivity index (χ3v) is 5.75. The van der Waals surface area contributed by atoms with Crippen molar-refractivity contribution in [3.05, 3.63) is 70.8 Å². The Balaban J connectivity index is 1.78. The van der Waals surface area contributed by atoms with Gasteiger partial charge in [0.05, 0.1) is 19.4 Å². The highest BCUT2D eigenvalue weighted by Gasteiger charge is 2.38. The summed E-state index contributed by atoms with van der Waals surface area (Å²) in [6.45, 7) is 2.96. The van der Waals surface area contributed by atoms with Crippen LogP contribution in [0.15, 0.2) is 65.1 Å². The van der Waals surface area contributed by atoms with E-state index in [1.807, 2.05) is 42.5 Å². The van der Waals surface area contributed by atoms with Crippen molar-refractivity contribution in [3.8, 4) is 28.1 Å². The van der Waals surface area contributed by atoms with Gasteiger partial charge in [-0.15, -0.1) is 0 Å². The fraction of sp³-hybridized carbons (Fsp3) is 0.250. The molecule has 1 saturated carbocycles. The molecule has 0 bridgehead atoms. The molecule has 29 heavy (non-hydrogen) atoms. The molecule has 148 valence electrons. The van der Waals surface area contributed by atoms with Gasteiger partial charge >= 0.3 is 5.97 Å². The third kappa shape index (κ3) is 4.35. The van der Waals surface area contributed by atoms with E-state index in [0.717, 1.165) is 26.9 Å². The van der Waals surface area contributed by atoms with Crippen molar-refractivity contribution >= 4 is 21.9 Å². The minimum absolute atomic E-state index is 0.284. The van der Waals surface area contributed by atoms with Crippen LogP contribution < -0.4 is 4.74 Å². The number of esters is 1. The van der Waals surface area contributed by atoms with Gasteiger partial charge in [-0.05, 0) is 48.7 Å². The van der Waals surface area contributed by atoms with Crippen LogP contribution in [-0.4, -0.2) is 24.7 Å². The van der Waals surface area contributed by atoms with Crippen molar-refractivity contribution in [2.24, 2.45) is 5.41 Å². The predicted octanol–water partition coefficient (Wildman–Crippen LogP) is 6.14. The first kappa shape index (κ1) is 19.6. The van der Waals surface area contributed by atoms with Crippen LogP contribution in [0.4, 0.5) is 0 Å². The standard InChI is InChI=1S/C24H22BrNO3/c1-24(12-13-24)15-29-22-11-10-16(25)14-19(22)17-6-3-4-7-18(17)20-8-5-9-21(26-20)23(27)28-2/h3-11,14H,12-13,15H2,1-2H3. The Labute approximate surface area is 179 Å². The van der Waals surface area contributed by atoms with Gasteiger partial charge < -0.3 is 9.47 Å². The molecule has 0 atom stereocenters. The van der Waals surface area contributed by atoms with Gasteiger partial charge in [-0.25, -0.2) is 9.78 Å². The number of rotatable bonds is 6. The highest BCUT2D eigenvalue weighted by Crippen LogP contribution is 2.46. The molecule has 0 unspecified atom stereocenters. The van der Waals surface area contributed by atoms with E-state index in [1.54, 1.807) is 6.07 Å². The molecule has 0 aliphatic heterocycles. The Hall–Kier alpha value is -2.66. The first-order valence-electron chi connectivity index (χ1n) is 9.57. The van der Waals surface area contributed by atoms with Crippen molar-refractivity contribution < 1.29 is 14.3 Å². The highest BCUT2D eigenvalue weighted by atomic mass is 79.9. The predicted molar refractivity (Wildman–Crippen MR) is 117 cm³/mol. The van der Waals surface area contributed by atoms with E-state index in [2.05, 4.69) is 40.0 Å². The number of benzene rings is 2. The molecule has 5 heteroatoms. The number of aromatic nitrogens is 1. The van der Waals surface area contributed by atoms with Crippen LogP contribution in [0.5, 0.6) is 5.75 Å². The van der Waals surface area contributed by atoms with Crippen LogP contribution in [0, 0.1) is 5.41 Å². The lowest BCUT2D eigenvalue weighted by Gasteiger charge is -2.17. The summed E-state index contributed by atoms with van der Waals surface area (Å²) >= 11 is 3.59. The monoisotopic (exact) mass is 451 g/mol. The Morgan fingerprint density at radius 1 is 1.03 bits per heavy atom. The molecule has 0 spiro atoms. The molecule has 1 aliphatic carbocycles. The van der Waals surface area contributed by atoms with Gasteiger partial charge in [-0.2, -0.15) is 0 Å². The molecule has 0 radical (unpaired) electrons. The van der Waals surface area contributed by atoms with Gasteiger partial charge in [0.1, 0.15) is 11.4 Å². The summed E-state index contributed by atoms with van der Waals surface area (Å²) < 4.78 is 12.0. The van der Waals surface area contributed by atoms with E-state index < -0.39 is 5.97 Å². The number of carbonyl (C=O) groups is 1.